The van der Waals surface area contributed by atoms with Crippen LogP contribution in [-0.4, -0.2) is 55.4 Å². The van der Waals surface area contributed by atoms with Gasteiger partial charge in [0.15, 0.2) is 0 Å². The molecule has 2 aliphatic rings. The average molecular weight is 327 g/mol. The quantitative estimate of drug-likeness (QED) is 0.935. The van der Waals surface area contributed by atoms with E-state index in [0.29, 0.717) is 12.1 Å². The summed E-state index contributed by atoms with van der Waals surface area (Å²) in [6, 6.07) is 9.43. The lowest BCUT2D eigenvalue weighted by Crippen LogP contribution is -2.44. The van der Waals surface area contributed by atoms with E-state index in [2.05, 4.69) is 33.4 Å². The molecule has 2 fully saturated rings. The number of fused-ring (bicyclic) bond motifs is 1. The molecule has 3 heterocycles. The Kier molecular flexibility index (Phi) is 4.54. The average Bonchev–Trinajstić information content (AvgIpc) is 3.16. The second kappa shape index (κ2) is 6.95. The van der Waals surface area contributed by atoms with E-state index in [1.807, 2.05) is 6.07 Å². The third kappa shape index (κ3) is 3.19. The van der Waals surface area contributed by atoms with Gasteiger partial charge in [-0.1, -0.05) is 6.07 Å². The molecule has 1 atom stereocenters. The third-order valence-corrected chi connectivity index (χ3v) is 5.21. The highest BCUT2D eigenvalue weighted by molar-refractivity contribution is 5.88. The third-order valence-electron chi connectivity index (χ3n) is 5.21. The zero-order valence-electron chi connectivity index (χ0n) is 14.2. The maximum Gasteiger partial charge on any atom is 0.147 e. The number of ether oxygens (including phenoxy) is 2. The molecule has 2 aromatic rings. The molecule has 24 heavy (non-hydrogen) atoms. The number of piperidine rings is 1. The van der Waals surface area contributed by atoms with Crippen LogP contribution in [0.2, 0.25) is 0 Å². The molecule has 1 aromatic heterocycles. The molecule has 0 bridgehead atoms. The van der Waals surface area contributed by atoms with Gasteiger partial charge in [-0.3, -0.25) is 9.88 Å². The number of aromatic nitrogens is 1. The van der Waals surface area contributed by atoms with Gasteiger partial charge in [0, 0.05) is 55.1 Å². The molecule has 0 aliphatic carbocycles. The number of pyridine rings is 1. The Hall–Kier alpha value is -1.85. The normalized spacial score (nSPS) is 22.8. The summed E-state index contributed by atoms with van der Waals surface area (Å²) in [5, 5.41) is 4.80. The Morgan fingerprint density at radius 2 is 2.12 bits per heavy atom. The first-order chi connectivity index (χ1) is 11.8. The van der Waals surface area contributed by atoms with Crippen molar-refractivity contribution in [2.24, 2.45) is 0 Å². The summed E-state index contributed by atoms with van der Waals surface area (Å²) in [5.74, 6) is 0.830. The number of anilines is 1. The minimum Gasteiger partial charge on any atom is -0.494 e. The van der Waals surface area contributed by atoms with Crippen molar-refractivity contribution in [3.05, 3.63) is 30.5 Å². The first kappa shape index (κ1) is 15.7. The van der Waals surface area contributed by atoms with Gasteiger partial charge in [0.05, 0.1) is 13.7 Å². The van der Waals surface area contributed by atoms with Gasteiger partial charge in [0.2, 0.25) is 0 Å². The monoisotopic (exact) mass is 327 g/mol. The van der Waals surface area contributed by atoms with Gasteiger partial charge in [0.25, 0.3) is 0 Å². The zero-order valence-corrected chi connectivity index (χ0v) is 14.2. The van der Waals surface area contributed by atoms with E-state index in [-0.39, 0.29) is 0 Å². The minimum atomic E-state index is 0.516. The van der Waals surface area contributed by atoms with Crippen LogP contribution < -0.4 is 10.1 Å². The number of nitrogens with one attached hydrogen (secondary N) is 1. The van der Waals surface area contributed by atoms with Crippen LogP contribution in [0.3, 0.4) is 0 Å². The van der Waals surface area contributed by atoms with Crippen LogP contribution in [0.5, 0.6) is 5.75 Å². The summed E-state index contributed by atoms with van der Waals surface area (Å²) in [6.07, 6.45) is 5.33. The number of nitrogens with zero attached hydrogens (tertiary/aromatic N) is 2. The number of rotatable bonds is 4. The highest BCUT2D eigenvalue weighted by atomic mass is 16.5. The molecule has 5 nitrogen and oxygen atoms in total. The smallest absolute Gasteiger partial charge is 0.147 e. The Labute approximate surface area is 143 Å². The van der Waals surface area contributed by atoms with E-state index >= 15 is 0 Å². The Morgan fingerprint density at radius 1 is 1.25 bits per heavy atom. The fourth-order valence-corrected chi connectivity index (χ4v) is 3.85. The predicted molar refractivity (Wildman–Crippen MR) is 95.7 cm³/mol. The lowest BCUT2D eigenvalue weighted by molar-refractivity contribution is 0.124. The van der Waals surface area contributed by atoms with Crippen LogP contribution in [0.25, 0.3) is 10.9 Å². The maximum atomic E-state index is 5.52. The van der Waals surface area contributed by atoms with Gasteiger partial charge in [-0.25, -0.2) is 0 Å². The zero-order chi connectivity index (χ0) is 16.4. The summed E-state index contributed by atoms with van der Waals surface area (Å²) in [4.78, 5) is 7.02. The van der Waals surface area contributed by atoms with Crippen LogP contribution in [0.4, 0.5) is 5.69 Å². The van der Waals surface area contributed by atoms with Crippen LogP contribution in [0, 0.1) is 0 Å². The van der Waals surface area contributed by atoms with Crippen LogP contribution in [0.1, 0.15) is 19.3 Å². The second-order valence-corrected chi connectivity index (χ2v) is 6.73. The molecule has 4 rings (SSSR count). The summed E-state index contributed by atoms with van der Waals surface area (Å²) in [6.45, 7) is 4.14. The molecule has 2 saturated heterocycles. The van der Waals surface area contributed by atoms with Crippen molar-refractivity contribution in [3.8, 4) is 5.75 Å². The highest BCUT2D eigenvalue weighted by Gasteiger charge is 2.27. The largest absolute Gasteiger partial charge is 0.494 e. The first-order valence-electron chi connectivity index (χ1n) is 8.84. The summed E-state index contributed by atoms with van der Waals surface area (Å²) in [7, 11) is 1.70. The number of likely N-dealkylation sites (tertiary alicyclic amines) is 1. The Balaban J connectivity index is 1.43. The van der Waals surface area contributed by atoms with E-state index in [1.165, 1.54) is 19.3 Å². The van der Waals surface area contributed by atoms with Gasteiger partial charge in [-0.15, -0.1) is 0 Å². The van der Waals surface area contributed by atoms with Gasteiger partial charge in [-0.05, 0) is 31.4 Å². The molecule has 1 N–H and O–H groups in total. The number of hydrogen-bond acceptors (Lipinski definition) is 5. The predicted octanol–water partition coefficient (Wildman–Crippen LogP) is 2.91. The molecule has 128 valence electrons. The summed E-state index contributed by atoms with van der Waals surface area (Å²) >= 11 is 0. The van der Waals surface area contributed by atoms with Gasteiger partial charge < -0.3 is 14.8 Å². The first-order valence-corrected chi connectivity index (χ1v) is 8.84. The van der Waals surface area contributed by atoms with E-state index in [9.17, 15) is 0 Å². The molecule has 0 amide bonds. The number of methoxy groups -OCH3 is 1. The van der Waals surface area contributed by atoms with Crippen molar-refractivity contribution in [1.82, 2.24) is 9.88 Å². The fraction of sp³-hybridized carbons (Fsp3) is 0.526. The summed E-state index contributed by atoms with van der Waals surface area (Å²) in [5.41, 5.74) is 2.04. The van der Waals surface area contributed by atoms with Crippen molar-refractivity contribution < 1.29 is 9.47 Å². The lowest BCUT2D eigenvalue weighted by atomic mass is 10.0. The molecule has 0 radical (unpaired) electrons. The van der Waals surface area contributed by atoms with Crippen LogP contribution >= 0.6 is 0 Å². The Morgan fingerprint density at radius 3 is 2.88 bits per heavy atom. The van der Waals surface area contributed by atoms with Gasteiger partial charge in [-0.2, -0.15) is 0 Å². The minimum absolute atomic E-state index is 0.516. The standard InChI is InChI=1S/C19H25N3O2/c1-23-18-12-16(11-14-3-2-7-20-19(14)18)21-15-4-8-22(9-5-15)17-6-10-24-13-17/h2-3,7,11-12,15,17,21H,4-6,8-10,13H2,1H3/t17-/m0/s1. The van der Waals surface area contributed by atoms with Crippen molar-refractivity contribution >= 4 is 16.6 Å². The van der Waals surface area contributed by atoms with Crippen molar-refractivity contribution in [1.29, 1.82) is 0 Å². The van der Waals surface area contributed by atoms with Gasteiger partial charge >= 0.3 is 0 Å². The molecule has 0 spiro atoms. The van der Waals surface area contributed by atoms with E-state index in [1.54, 1.807) is 13.3 Å². The van der Waals surface area contributed by atoms with Crippen molar-refractivity contribution in [2.75, 3.05) is 38.7 Å². The van der Waals surface area contributed by atoms with E-state index < -0.39 is 0 Å². The molecule has 1 aromatic carbocycles. The fourth-order valence-electron chi connectivity index (χ4n) is 3.85. The second-order valence-electron chi connectivity index (χ2n) is 6.73. The van der Waals surface area contributed by atoms with Crippen molar-refractivity contribution in [2.45, 2.75) is 31.3 Å². The molecular weight excluding hydrogens is 302 g/mol. The number of benzene rings is 1. The Bertz CT molecular complexity index is 692. The maximum absolute atomic E-state index is 5.52. The molecule has 5 heteroatoms. The molecule has 0 unspecified atom stereocenters. The van der Waals surface area contributed by atoms with Crippen LogP contribution in [-0.2, 0) is 4.74 Å². The lowest BCUT2D eigenvalue weighted by Gasteiger charge is -2.36. The highest BCUT2D eigenvalue weighted by Crippen LogP contribution is 2.29. The van der Waals surface area contributed by atoms with Crippen LogP contribution in [0.15, 0.2) is 30.5 Å². The van der Waals surface area contributed by atoms with E-state index in [0.717, 1.165) is 48.6 Å². The summed E-state index contributed by atoms with van der Waals surface area (Å²) < 4.78 is 11.0. The topological polar surface area (TPSA) is 46.6 Å². The van der Waals surface area contributed by atoms with E-state index in [4.69, 9.17) is 9.47 Å². The van der Waals surface area contributed by atoms with Crippen molar-refractivity contribution in [3.63, 3.8) is 0 Å². The SMILES string of the molecule is COc1cc(NC2CCN([C@H]3CCOC3)CC2)cc2cccnc12. The molecular formula is C19H25N3O2. The molecule has 0 saturated carbocycles. The van der Waals surface area contributed by atoms with Gasteiger partial charge in [0.1, 0.15) is 11.3 Å². The molecule has 2 aliphatic heterocycles. The number of hydrogen-bond donors (Lipinski definition) is 1.